The zero-order chi connectivity index (χ0) is 35.3. The molecule has 0 aliphatic heterocycles. The average molecular weight is 691 g/mol. The molecule has 0 bridgehead atoms. The summed E-state index contributed by atoms with van der Waals surface area (Å²) >= 11 is 0. The van der Waals surface area contributed by atoms with Crippen molar-refractivity contribution in [2.24, 2.45) is 0 Å². The van der Waals surface area contributed by atoms with Crippen molar-refractivity contribution < 1.29 is 8.83 Å². The average Bonchev–Trinajstić information content (AvgIpc) is 3.97. The monoisotopic (exact) mass is 690 g/mol. The fraction of sp³-hybridized carbons (Fsp3) is 0. The van der Waals surface area contributed by atoms with Gasteiger partial charge in [-0.05, 0) is 101 Å². The molecule has 0 radical (unpaired) electrons. The van der Waals surface area contributed by atoms with Crippen molar-refractivity contribution in [2.75, 3.05) is 0 Å². The van der Waals surface area contributed by atoms with Gasteiger partial charge >= 0.3 is 0 Å². The summed E-state index contributed by atoms with van der Waals surface area (Å²) in [5.41, 5.74) is 13.8. The maximum atomic E-state index is 6.71. The number of hydrogen-bond acceptors (Lipinski definition) is 2. The minimum atomic E-state index is 0.862. The molecule has 8 aromatic carbocycles. The second kappa shape index (κ2) is 11.1. The van der Waals surface area contributed by atoms with E-state index in [0.717, 1.165) is 83.2 Å². The van der Waals surface area contributed by atoms with Gasteiger partial charge in [-0.2, -0.15) is 0 Å². The Balaban J connectivity index is 0.942. The van der Waals surface area contributed by atoms with Gasteiger partial charge in [0.25, 0.3) is 0 Å². The highest BCUT2D eigenvalue weighted by molar-refractivity contribution is 6.20. The van der Waals surface area contributed by atoms with Gasteiger partial charge in [-0.3, -0.25) is 4.57 Å². The molecule has 0 spiro atoms. The molecule has 252 valence electrons. The number of para-hydroxylation sites is 4. The molecule has 0 aliphatic carbocycles. The van der Waals surface area contributed by atoms with Gasteiger partial charge in [0.05, 0.1) is 21.9 Å². The quantitative estimate of drug-likeness (QED) is 0.184. The third-order valence-electron chi connectivity index (χ3n) is 11.1. The Bertz CT molecular complexity index is 3380. The van der Waals surface area contributed by atoms with Crippen LogP contribution in [0.15, 0.2) is 191 Å². The molecule has 12 rings (SSSR count). The fourth-order valence-corrected chi connectivity index (χ4v) is 8.64. The van der Waals surface area contributed by atoms with Crippen LogP contribution in [-0.2, 0) is 0 Å². The molecule has 4 aromatic heterocycles. The van der Waals surface area contributed by atoms with Crippen molar-refractivity contribution in [3.63, 3.8) is 0 Å². The number of benzene rings is 8. The Morgan fingerprint density at radius 1 is 0.296 bits per heavy atom. The summed E-state index contributed by atoms with van der Waals surface area (Å²) in [7, 11) is 0. The molecule has 4 heterocycles. The first-order valence-electron chi connectivity index (χ1n) is 18.3. The maximum absolute atomic E-state index is 6.71. The molecule has 0 saturated carbocycles. The number of hydrogen-bond donors (Lipinski definition) is 0. The van der Waals surface area contributed by atoms with E-state index in [0.29, 0.717) is 0 Å². The van der Waals surface area contributed by atoms with E-state index in [9.17, 15) is 0 Å². The van der Waals surface area contributed by atoms with Gasteiger partial charge in [0.1, 0.15) is 16.7 Å². The lowest BCUT2D eigenvalue weighted by atomic mass is 9.99. The predicted octanol–water partition coefficient (Wildman–Crippen LogP) is 13.9. The Morgan fingerprint density at radius 2 is 0.796 bits per heavy atom. The molecule has 0 N–H and O–H groups in total. The highest BCUT2D eigenvalue weighted by Gasteiger charge is 2.20. The first-order valence-corrected chi connectivity index (χ1v) is 18.3. The van der Waals surface area contributed by atoms with Gasteiger partial charge in [-0.15, -0.1) is 0 Å². The van der Waals surface area contributed by atoms with Crippen LogP contribution in [0.1, 0.15) is 0 Å². The van der Waals surface area contributed by atoms with Crippen molar-refractivity contribution >= 4 is 76.7 Å². The standard InChI is InChI=1S/C50H30N2O2/c1-2-10-35(11-3-1)52-45-17-9-6-14-39(45)49-40-25-20-34(30-48(40)54-50(49)52)33-22-27-47-42(29-33)41-28-32(21-26-46(41)53-47)31-18-23-36(24-19-31)51-43-15-7-4-12-37(43)38-13-5-8-16-44(38)51/h1-30H. The second-order valence-corrected chi connectivity index (χ2v) is 14.1. The molecule has 4 heteroatoms. The summed E-state index contributed by atoms with van der Waals surface area (Å²) in [5, 5.41) is 8.17. The summed E-state index contributed by atoms with van der Waals surface area (Å²) in [6, 6.07) is 64.7. The zero-order valence-electron chi connectivity index (χ0n) is 29.0. The van der Waals surface area contributed by atoms with E-state index in [4.69, 9.17) is 8.83 Å². The lowest BCUT2D eigenvalue weighted by molar-refractivity contribution is 0.645. The van der Waals surface area contributed by atoms with Crippen LogP contribution in [0.4, 0.5) is 0 Å². The van der Waals surface area contributed by atoms with Crippen LogP contribution >= 0.6 is 0 Å². The Labute approximate surface area is 309 Å². The summed E-state index contributed by atoms with van der Waals surface area (Å²) in [6.45, 7) is 0. The van der Waals surface area contributed by atoms with Crippen LogP contribution in [-0.4, -0.2) is 9.13 Å². The van der Waals surface area contributed by atoms with Crippen LogP contribution in [0.2, 0.25) is 0 Å². The van der Waals surface area contributed by atoms with Crippen molar-refractivity contribution in [3.8, 4) is 33.6 Å². The Morgan fingerprint density at radius 3 is 1.46 bits per heavy atom. The van der Waals surface area contributed by atoms with Gasteiger partial charge in [-0.1, -0.05) is 103 Å². The third kappa shape index (κ3) is 4.19. The molecule has 4 nitrogen and oxygen atoms in total. The van der Waals surface area contributed by atoms with Crippen LogP contribution in [0.25, 0.3) is 110 Å². The van der Waals surface area contributed by atoms with Crippen molar-refractivity contribution in [1.29, 1.82) is 0 Å². The molecule has 0 saturated heterocycles. The Kier molecular flexibility index (Phi) is 6.02. The number of aromatic nitrogens is 2. The first kappa shape index (κ1) is 29.3. The minimum Gasteiger partial charge on any atom is -0.456 e. The van der Waals surface area contributed by atoms with Crippen molar-refractivity contribution in [3.05, 3.63) is 182 Å². The van der Waals surface area contributed by atoms with Crippen LogP contribution < -0.4 is 0 Å². The van der Waals surface area contributed by atoms with E-state index in [1.54, 1.807) is 0 Å². The minimum absolute atomic E-state index is 0.862. The summed E-state index contributed by atoms with van der Waals surface area (Å²) < 4.78 is 17.6. The van der Waals surface area contributed by atoms with Gasteiger partial charge < -0.3 is 13.4 Å². The van der Waals surface area contributed by atoms with Crippen molar-refractivity contribution in [2.45, 2.75) is 0 Å². The molecule has 0 fully saturated rings. The smallest absolute Gasteiger partial charge is 0.213 e. The summed E-state index contributed by atoms with van der Waals surface area (Å²) in [5.74, 6) is 0. The zero-order valence-corrected chi connectivity index (χ0v) is 29.0. The van der Waals surface area contributed by atoms with E-state index >= 15 is 0 Å². The summed E-state index contributed by atoms with van der Waals surface area (Å²) in [4.78, 5) is 0. The van der Waals surface area contributed by atoms with Gasteiger partial charge in [0, 0.05) is 43.7 Å². The van der Waals surface area contributed by atoms with E-state index in [2.05, 4.69) is 185 Å². The Hall–Kier alpha value is -7.30. The molecule has 0 unspecified atom stereocenters. The first-order chi connectivity index (χ1) is 26.8. The lowest BCUT2D eigenvalue weighted by Crippen LogP contribution is -1.93. The normalized spacial score (nSPS) is 12.1. The summed E-state index contributed by atoms with van der Waals surface area (Å²) in [6.07, 6.45) is 0. The number of furan rings is 2. The molecule has 0 atom stereocenters. The van der Waals surface area contributed by atoms with E-state index in [1.807, 2.05) is 6.07 Å². The molecular weight excluding hydrogens is 661 g/mol. The molecule has 0 aliphatic rings. The predicted molar refractivity (Wildman–Crippen MR) is 223 cm³/mol. The highest BCUT2D eigenvalue weighted by atomic mass is 16.3. The lowest BCUT2D eigenvalue weighted by Gasteiger charge is -2.09. The maximum Gasteiger partial charge on any atom is 0.213 e. The molecular formula is C50H30N2O2. The SMILES string of the molecule is c1ccc(-n2c3ccccc3c3c4ccc(-c5ccc6oc7ccc(-c8ccc(-n9c%10ccccc%10c%10ccccc%109)cc8)cc7c6c5)cc4oc32)cc1. The van der Waals surface area contributed by atoms with E-state index in [1.165, 1.54) is 27.2 Å². The number of fused-ring (bicyclic) bond motifs is 11. The van der Waals surface area contributed by atoms with Crippen LogP contribution in [0.5, 0.6) is 0 Å². The molecule has 0 amide bonds. The number of nitrogens with zero attached hydrogens (tertiary/aromatic N) is 2. The fourth-order valence-electron chi connectivity index (χ4n) is 8.64. The van der Waals surface area contributed by atoms with Gasteiger partial charge in [0.2, 0.25) is 5.71 Å². The van der Waals surface area contributed by atoms with E-state index in [-0.39, 0.29) is 0 Å². The third-order valence-corrected chi connectivity index (χ3v) is 11.1. The second-order valence-electron chi connectivity index (χ2n) is 14.1. The highest BCUT2D eigenvalue weighted by Crippen LogP contribution is 2.41. The topological polar surface area (TPSA) is 36.1 Å². The molecule has 12 aromatic rings. The van der Waals surface area contributed by atoms with Crippen LogP contribution in [0.3, 0.4) is 0 Å². The van der Waals surface area contributed by atoms with Gasteiger partial charge in [0.15, 0.2) is 0 Å². The van der Waals surface area contributed by atoms with Crippen molar-refractivity contribution in [1.82, 2.24) is 9.13 Å². The van der Waals surface area contributed by atoms with Gasteiger partial charge in [-0.25, -0.2) is 0 Å². The largest absolute Gasteiger partial charge is 0.456 e. The number of rotatable bonds is 4. The van der Waals surface area contributed by atoms with Crippen LogP contribution in [0, 0.1) is 0 Å². The molecule has 54 heavy (non-hydrogen) atoms. The van der Waals surface area contributed by atoms with E-state index < -0.39 is 0 Å².